The first kappa shape index (κ1) is 13.9. The Morgan fingerprint density at radius 1 is 1.40 bits per heavy atom. The summed E-state index contributed by atoms with van der Waals surface area (Å²) in [6, 6.07) is 8.52. The van der Waals surface area contributed by atoms with Crippen LogP contribution >= 0.6 is 0 Å². The number of hydrogen-bond donors (Lipinski definition) is 2. The lowest BCUT2D eigenvalue weighted by atomic mass is 9.81. The van der Waals surface area contributed by atoms with Gasteiger partial charge in [0.2, 0.25) is 0 Å². The molecule has 3 atom stereocenters. The van der Waals surface area contributed by atoms with Crippen LogP contribution < -0.4 is 16.0 Å². The SMILES string of the molecule is CC1(C(CC2CCOc3ccccc32)NN)CCCO1. The molecule has 1 saturated heterocycles. The second kappa shape index (κ2) is 5.72. The first-order chi connectivity index (χ1) is 9.73. The molecule has 3 unspecified atom stereocenters. The van der Waals surface area contributed by atoms with Crippen LogP contribution in [0.5, 0.6) is 5.75 Å². The molecule has 3 N–H and O–H groups in total. The van der Waals surface area contributed by atoms with Gasteiger partial charge >= 0.3 is 0 Å². The molecule has 0 amide bonds. The maximum atomic E-state index is 5.95. The Morgan fingerprint density at radius 3 is 3.00 bits per heavy atom. The fraction of sp³-hybridized carbons (Fsp3) is 0.625. The van der Waals surface area contributed by atoms with E-state index >= 15 is 0 Å². The van der Waals surface area contributed by atoms with Gasteiger partial charge in [0.15, 0.2) is 0 Å². The summed E-state index contributed by atoms with van der Waals surface area (Å²) in [5, 5.41) is 0. The molecule has 0 bridgehead atoms. The second-order valence-corrected chi connectivity index (χ2v) is 6.09. The van der Waals surface area contributed by atoms with Gasteiger partial charge in [-0.25, -0.2) is 0 Å². The minimum Gasteiger partial charge on any atom is -0.493 e. The molecule has 1 aromatic carbocycles. The Bertz CT molecular complexity index is 458. The third-order valence-corrected chi connectivity index (χ3v) is 4.79. The molecular weight excluding hydrogens is 252 g/mol. The third kappa shape index (κ3) is 2.55. The summed E-state index contributed by atoms with van der Waals surface area (Å²) in [5.74, 6) is 7.33. The molecule has 4 nitrogen and oxygen atoms in total. The lowest BCUT2D eigenvalue weighted by Crippen LogP contribution is -2.52. The van der Waals surface area contributed by atoms with E-state index < -0.39 is 0 Å². The predicted molar refractivity (Wildman–Crippen MR) is 78.6 cm³/mol. The summed E-state index contributed by atoms with van der Waals surface area (Å²) in [4.78, 5) is 0. The Kier molecular flexibility index (Phi) is 3.96. The lowest BCUT2D eigenvalue weighted by Gasteiger charge is -2.36. The summed E-state index contributed by atoms with van der Waals surface area (Å²) in [6.45, 7) is 3.81. The Hall–Kier alpha value is -1.10. The Morgan fingerprint density at radius 2 is 2.25 bits per heavy atom. The zero-order valence-corrected chi connectivity index (χ0v) is 12.1. The predicted octanol–water partition coefficient (Wildman–Crippen LogP) is 2.34. The van der Waals surface area contributed by atoms with Crippen molar-refractivity contribution in [3.63, 3.8) is 0 Å². The average Bonchev–Trinajstić information content (AvgIpc) is 2.92. The van der Waals surface area contributed by atoms with Crippen molar-refractivity contribution < 1.29 is 9.47 Å². The molecule has 110 valence electrons. The van der Waals surface area contributed by atoms with Crippen molar-refractivity contribution >= 4 is 0 Å². The highest BCUT2D eigenvalue weighted by molar-refractivity contribution is 5.37. The van der Waals surface area contributed by atoms with Gasteiger partial charge in [0.05, 0.1) is 18.2 Å². The number of hydrazine groups is 1. The van der Waals surface area contributed by atoms with Gasteiger partial charge in [0.25, 0.3) is 0 Å². The molecular formula is C16H24N2O2. The molecule has 0 radical (unpaired) electrons. The lowest BCUT2D eigenvalue weighted by molar-refractivity contribution is -0.0166. The highest BCUT2D eigenvalue weighted by Gasteiger charge is 2.39. The van der Waals surface area contributed by atoms with Crippen LogP contribution in [0, 0.1) is 0 Å². The number of hydrogen-bond acceptors (Lipinski definition) is 4. The van der Waals surface area contributed by atoms with Crippen LogP contribution in [0.15, 0.2) is 24.3 Å². The molecule has 0 aromatic heterocycles. The topological polar surface area (TPSA) is 56.5 Å². The first-order valence-corrected chi connectivity index (χ1v) is 7.55. The molecule has 2 aliphatic rings. The monoisotopic (exact) mass is 276 g/mol. The smallest absolute Gasteiger partial charge is 0.122 e. The molecule has 3 rings (SSSR count). The number of para-hydroxylation sites is 1. The minimum atomic E-state index is -0.137. The molecule has 0 saturated carbocycles. The van der Waals surface area contributed by atoms with E-state index in [1.165, 1.54) is 5.56 Å². The van der Waals surface area contributed by atoms with Gasteiger partial charge in [0, 0.05) is 6.61 Å². The van der Waals surface area contributed by atoms with E-state index in [1.807, 2.05) is 6.07 Å². The summed E-state index contributed by atoms with van der Waals surface area (Å²) >= 11 is 0. The van der Waals surface area contributed by atoms with Crippen molar-refractivity contribution in [2.75, 3.05) is 13.2 Å². The fourth-order valence-corrected chi connectivity index (χ4v) is 3.51. The molecule has 4 heteroatoms. The van der Waals surface area contributed by atoms with E-state index in [1.54, 1.807) is 0 Å². The Labute approximate surface area is 120 Å². The van der Waals surface area contributed by atoms with E-state index in [9.17, 15) is 0 Å². The maximum Gasteiger partial charge on any atom is 0.122 e. The van der Waals surface area contributed by atoms with Crippen molar-refractivity contribution in [3.8, 4) is 5.75 Å². The number of ether oxygens (including phenoxy) is 2. The van der Waals surface area contributed by atoms with Crippen LogP contribution in [-0.4, -0.2) is 24.9 Å². The summed E-state index contributed by atoms with van der Waals surface area (Å²) in [5.41, 5.74) is 4.17. The highest BCUT2D eigenvalue weighted by Crippen LogP contribution is 2.39. The van der Waals surface area contributed by atoms with Crippen molar-refractivity contribution in [1.29, 1.82) is 0 Å². The summed E-state index contributed by atoms with van der Waals surface area (Å²) in [7, 11) is 0. The van der Waals surface area contributed by atoms with E-state index in [-0.39, 0.29) is 11.6 Å². The number of rotatable bonds is 4. The van der Waals surface area contributed by atoms with Gasteiger partial charge in [-0.2, -0.15) is 0 Å². The highest BCUT2D eigenvalue weighted by atomic mass is 16.5. The second-order valence-electron chi connectivity index (χ2n) is 6.09. The molecule has 1 aromatic rings. The van der Waals surface area contributed by atoms with Crippen molar-refractivity contribution in [2.45, 2.75) is 50.2 Å². The van der Waals surface area contributed by atoms with Gasteiger partial charge in [-0.3, -0.25) is 11.3 Å². The van der Waals surface area contributed by atoms with E-state index in [4.69, 9.17) is 15.3 Å². The van der Waals surface area contributed by atoms with Crippen molar-refractivity contribution in [3.05, 3.63) is 29.8 Å². The minimum absolute atomic E-state index is 0.137. The van der Waals surface area contributed by atoms with Crippen molar-refractivity contribution in [1.82, 2.24) is 5.43 Å². The quantitative estimate of drug-likeness (QED) is 0.654. The largest absolute Gasteiger partial charge is 0.493 e. The maximum absolute atomic E-state index is 5.95. The fourth-order valence-electron chi connectivity index (χ4n) is 3.51. The van der Waals surface area contributed by atoms with Gasteiger partial charge in [-0.15, -0.1) is 0 Å². The molecule has 0 spiro atoms. The molecule has 2 aliphatic heterocycles. The van der Waals surface area contributed by atoms with E-state index in [0.717, 1.165) is 44.6 Å². The number of benzene rings is 1. The van der Waals surface area contributed by atoms with Crippen LogP contribution in [0.2, 0.25) is 0 Å². The van der Waals surface area contributed by atoms with Gasteiger partial charge in [-0.05, 0) is 50.2 Å². The van der Waals surface area contributed by atoms with Gasteiger partial charge in [0.1, 0.15) is 5.75 Å². The van der Waals surface area contributed by atoms with Crippen LogP contribution in [0.1, 0.15) is 44.1 Å². The number of fused-ring (bicyclic) bond motifs is 1. The zero-order chi connectivity index (χ0) is 14.0. The molecule has 0 aliphatic carbocycles. The standard InChI is InChI=1S/C16H24N2O2/c1-16(8-4-9-20-16)15(18-17)11-12-7-10-19-14-6-3-2-5-13(12)14/h2-3,5-6,12,15,18H,4,7-11,17H2,1H3. The molecule has 2 heterocycles. The van der Waals surface area contributed by atoms with Crippen molar-refractivity contribution in [2.24, 2.45) is 5.84 Å². The third-order valence-electron chi connectivity index (χ3n) is 4.79. The number of nitrogens with two attached hydrogens (primary N) is 1. The van der Waals surface area contributed by atoms with Gasteiger partial charge in [-0.1, -0.05) is 18.2 Å². The number of nitrogens with one attached hydrogen (secondary N) is 1. The van der Waals surface area contributed by atoms with Crippen LogP contribution in [0.3, 0.4) is 0 Å². The van der Waals surface area contributed by atoms with Crippen LogP contribution in [-0.2, 0) is 4.74 Å². The Balaban J connectivity index is 1.77. The van der Waals surface area contributed by atoms with Crippen LogP contribution in [0.4, 0.5) is 0 Å². The van der Waals surface area contributed by atoms with E-state index in [0.29, 0.717) is 5.92 Å². The summed E-state index contributed by atoms with van der Waals surface area (Å²) < 4.78 is 11.7. The average molecular weight is 276 g/mol. The summed E-state index contributed by atoms with van der Waals surface area (Å²) in [6.07, 6.45) is 4.24. The first-order valence-electron chi connectivity index (χ1n) is 7.55. The van der Waals surface area contributed by atoms with E-state index in [2.05, 4.69) is 30.5 Å². The molecule has 1 fully saturated rings. The zero-order valence-electron chi connectivity index (χ0n) is 12.1. The molecule has 20 heavy (non-hydrogen) atoms. The van der Waals surface area contributed by atoms with Crippen LogP contribution in [0.25, 0.3) is 0 Å². The van der Waals surface area contributed by atoms with Gasteiger partial charge < -0.3 is 9.47 Å². The normalized spacial score (nSPS) is 30.6.